The summed E-state index contributed by atoms with van der Waals surface area (Å²) in [7, 11) is 2.02. The number of likely N-dealkylation sites (N-methyl/N-ethyl adjacent to an activating group) is 1. The topological polar surface area (TPSA) is 41.0 Å². The van der Waals surface area contributed by atoms with Crippen LogP contribution in [0.25, 0.3) is 11.0 Å². The first-order valence-corrected chi connectivity index (χ1v) is 6.98. The van der Waals surface area contributed by atoms with Crippen LogP contribution in [0.3, 0.4) is 0 Å². The predicted molar refractivity (Wildman–Crippen MR) is 78.8 cm³/mol. The summed E-state index contributed by atoms with van der Waals surface area (Å²) in [5.74, 6) is 0.758. The molecule has 2 heterocycles. The minimum Gasteiger partial charge on any atom is -0.356 e. The zero-order valence-electron chi connectivity index (χ0n) is 10.9. The average Bonchev–Trinajstić information content (AvgIpc) is 2.90. The molecule has 0 spiro atoms. The molecule has 1 aliphatic rings. The van der Waals surface area contributed by atoms with Crippen molar-refractivity contribution in [1.82, 2.24) is 15.3 Å². The Morgan fingerprint density at radius 2 is 2.05 bits per heavy atom. The van der Waals surface area contributed by atoms with Crippen LogP contribution in [0.15, 0.2) is 24.3 Å². The largest absolute Gasteiger partial charge is 0.356 e. The van der Waals surface area contributed by atoms with Gasteiger partial charge in [0, 0.05) is 19.6 Å². The summed E-state index contributed by atoms with van der Waals surface area (Å²) in [6, 6.07) is 8.32. The fourth-order valence-electron chi connectivity index (χ4n) is 2.54. The lowest BCUT2D eigenvalue weighted by atomic mass is 10.2. The third-order valence-electron chi connectivity index (χ3n) is 3.53. The lowest BCUT2D eigenvalue weighted by Crippen LogP contribution is -2.35. The van der Waals surface area contributed by atoms with Gasteiger partial charge in [-0.2, -0.15) is 0 Å². The Balaban J connectivity index is 1.88. The van der Waals surface area contributed by atoms with E-state index in [1.54, 1.807) is 0 Å². The van der Waals surface area contributed by atoms with Crippen LogP contribution in [0.4, 0.5) is 5.82 Å². The van der Waals surface area contributed by atoms with Gasteiger partial charge in [-0.1, -0.05) is 23.7 Å². The molecule has 5 heteroatoms. The molecule has 100 valence electrons. The highest BCUT2D eigenvalue weighted by atomic mass is 35.5. The molecule has 1 saturated heterocycles. The van der Waals surface area contributed by atoms with Crippen LogP contribution in [0.2, 0.25) is 5.15 Å². The third kappa shape index (κ3) is 2.65. The highest BCUT2D eigenvalue weighted by Gasteiger charge is 2.18. The van der Waals surface area contributed by atoms with Gasteiger partial charge in [0.05, 0.1) is 11.0 Å². The van der Waals surface area contributed by atoms with Crippen molar-refractivity contribution in [2.45, 2.75) is 18.9 Å². The van der Waals surface area contributed by atoms with Crippen LogP contribution in [0.1, 0.15) is 12.8 Å². The standard InChI is InChI=1S/C14H17ClN4/c1-19(9-10-5-4-8-16-10)14-13(15)17-11-6-2-3-7-12(11)18-14/h2-3,6-7,10,16H,4-5,8-9H2,1H3/t10-/m0/s1. The van der Waals surface area contributed by atoms with Gasteiger partial charge in [0.2, 0.25) is 0 Å². The minimum atomic E-state index is 0.471. The van der Waals surface area contributed by atoms with Gasteiger partial charge < -0.3 is 10.2 Å². The fourth-order valence-corrected chi connectivity index (χ4v) is 2.82. The SMILES string of the molecule is CN(C[C@@H]1CCCN1)c1nc2ccccc2nc1Cl. The van der Waals surface area contributed by atoms with E-state index in [0.29, 0.717) is 11.2 Å². The number of hydrogen-bond donors (Lipinski definition) is 1. The maximum absolute atomic E-state index is 6.25. The summed E-state index contributed by atoms with van der Waals surface area (Å²) in [6.45, 7) is 2.02. The van der Waals surface area contributed by atoms with Gasteiger partial charge >= 0.3 is 0 Å². The van der Waals surface area contributed by atoms with Crippen LogP contribution < -0.4 is 10.2 Å². The van der Waals surface area contributed by atoms with Crippen molar-refractivity contribution in [3.05, 3.63) is 29.4 Å². The van der Waals surface area contributed by atoms with Crippen LogP contribution in [0, 0.1) is 0 Å². The van der Waals surface area contributed by atoms with E-state index in [4.69, 9.17) is 11.6 Å². The lowest BCUT2D eigenvalue weighted by Gasteiger charge is -2.23. The number of halogens is 1. The smallest absolute Gasteiger partial charge is 0.172 e. The molecule has 1 aromatic heterocycles. The van der Waals surface area contributed by atoms with E-state index in [2.05, 4.69) is 20.2 Å². The van der Waals surface area contributed by atoms with Gasteiger partial charge in [-0.25, -0.2) is 9.97 Å². The Morgan fingerprint density at radius 3 is 2.74 bits per heavy atom. The Morgan fingerprint density at radius 1 is 1.32 bits per heavy atom. The molecule has 3 rings (SSSR count). The van der Waals surface area contributed by atoms with Crippen molar-refractivity contribution in [2.24, 2.45) is 0 Å². The number of hydrogen-bond acceptors (Lipinski definition) is 4. The first-order chi connectivity index (χ1) is 9.24. The van der Waals surface area contributed by atoms with Crippen molar-refractivity contribution in [1.29, 1.82) is 0 Å². The molecule has 0 amide bonds. The number of benzene rings is 1. The van der Waals surface area contributed by atoms with Crippen molar-refractivity contribution >= 4 is 28.5 Å². The Bertz CT molecular complexity index is 581. The van der Waals surface area contributed by atoms with Crippen LogP contribution >= 0.6 is 11.6 Å². The second-order valence-electron chi connectivity index (χ2n) is 5.00. The zero-order valence-corrected chi connectivity index (χ0v) is 11.7. The molecular weight excluding hydrogens is 260 g/mol. The second-order valence-corrected chi connectivity index (χ2v) is 5.36. The van der Waals surface area contributed by atoms with Gasteiger partial charge in [-0.15, -0.1) is 0 Å². The highest BCUT2D eigenvalue weighted by Crippen LogP contribution is 2.24. The zero-order chi connectivity index (χ0) is 13.2. The maximum atomic E-state index is 6.25. The van der Waals surface area contributed by atoms with Crippen molar-refractivity contribution < 1.29 is 0 Å². The number of rotatable bonds is 3. The molecule has 1 aliphatic heterocycles. The van der Waals surface area contributed by atoms with Crippen LogP contribution in [-0.2, 0) is 0 Å². The van der Waals surface area contributed by atoms with Crippen molar-refractivity contribution in [2.75, 3.05) is 25.0 Å². The molecule has 1 fully saturated rings. The van der Waals surface area contributed by atoms with Gasteiger partial charge in [-0.05, 0) is 31.5 Å². The first-order valence-electron chi connectivity index (χ1n) is 6.61. The number of nitrogens with one attached hydrogen (secondary N) is 1. The maximum Gasteiger partial charge on any atom is 0.172 e. The summed E-state index contributed by atoms with van der Waals surface area (Å²) < 4.78 is 0. The molecule has 19 heavy (non-hydrogen) atoms. The summed E-state index contributed by atoms with van der Waals surface area (Å²) in [5.41, 5.74) is 1.72. The van der Waals surface area contributed by atoms with E-state index in [0.717, 1.165) is 29.9 Å². The predicted octanol–water partition coefficient (Wildman–Crippen LogP) is 2.47. The molecule has 0 bridgehead atoms. The number of fused-ring (bicyclic) bond motifs is 1. The fraction of sp³-hybridized carbons (Fsp3) is 0.429. The summed E-state index contributed by atoms with van der Waals surface area (Å²) in [6.07, 6.45) is 2.46. The van der Waals surface area contributed by atoms with E-state index >= 15 is 0 Å². The molecule has 1 atom stereocenters. The number of aromatic nitrogens is 2. The number of anilines is 1. The van der Waals surface area contributed by atoms with Gasteiger partial charge in [0.15, 0.2) is 11.0 Å². The van der Waals surface area contributed by atoms with E-state index < -0.39 is 0 Å². The van der Waals surface area contributed by atoms with Crippen LogP contribution in [-0.4, -0.2) is 36.1 Å². The normalized spacial score (nSPS) is 18.9. The van der Waals surface area contributed by atoms with E-state index in [9.17, 15) is 0 Å². The molecule has 0 saturated carbocycles. The molecule has 1 N–H and O–H groups in total. The summed E-state index contributed by atoms with van der Waals surface area (Å²) >= 11 is 6.25. The van der Waals surface area contributed by atoms with E-state index in [1.165, 1.54) is 12.8 Å². The number of nitrogens with zero attached hydrogens (tertiary/aromatic N) is 3. The van der Waals surface area contributed by atoms with Gasteiger partial charge in [0.25, 0.3) is 0 Å². The van der Waals surface area contributed by atoms with Crippen LogP contribution in [0.5, 0.6) is 0 Å². The molecule has 0 aliphatic carbocycles. The second kappa shape index (κ2) is 5.31. The molecule has 4 nitrogen and oxygen atoms in total. The van der Waals surface area contributed by atoms with Crippen molar-refractivity contribution in [3.63, 3.8) is 0 Å². The Labute approximate surface area is 117 Å². The third-order valence-corrected chi connectivity index (χ3v) is 3.78. The Hall–Kier alpha value is -1.39. The number of para-hydroxylation sites is 2. The molecule has 0 unspecified atom stereocenters. The highest BCUT2D eigenvalue weighted by molar-refractivity contribution is 6.32. The van der Waals surface area contributed by atoms with Gasteiger partial charge in [-0.3, -0.25) is 0 Å². The van der Waals surface area contributed by atoms with Gasteiger partial charge in [0.1, 0.15) is 0 Å². The van der Waals surface area contributed by atoms with E-state index in [-0.39, 0.29) is 0 Å². The molecule has 0 radical (unpaired) electrons. The summed E-state index contributed by atoms with van der Waals surface area (Å²) in [4.78, 5) is 11.1. The lowest BCUT2D eigenvalue weighted by molar-refractivity contribution is 0.597. The summed E-state index contributed by atoms with van der Waals surface area (Å²) in [5, 5.41) is 3.95. The average molecular weight is 277 g/mol. The van der Waals surface area contributed by atoms with E-state index in [1.807, 2.05) is 31.3 Å². The first kappa shape index (κ1) is 12.6. The molecule has 1 aromatic carbocycles. The van der Waals surface area contributed by atoms with Crippen molar-refractivity contribution in [3.8, 4) is 0 Å². The quantitative estimate of drug-likeness (QED) is 0.935. The minimum absolute atomic E-state index is 0.471. The Kier molecular flexibility index (Phi) is 3.53. The molecular formula is C14H17ClN4. The monoisotopic (exact) mass is 276 g/mol. The molecule has 2 aromatic rings.